The molecule has 0 saturated carbocycles. The first-order chi connectivity index (χ1) is 22.4. The van der Waals surface area contributed by atoms with Crippen LogP contribution in [0.2, 0.25) is 0 Å². The van der Waals surface area contributed by atoms with Gasteiger partial charge in [-0.15, -0.1) is 13.2 Å². The van der Waals surface area contributed by atoms with Crippen molar-refractivity contribution in [3.63, 3.8) is 0 Å². The Morgan fingerprint density at radius 1 is 0.478 bits per heavy atom. The second-order valence-electron chi connectivity index (χ2n) is 14.4. The van der Waals surface area contributed by atoms with Gasteiger partial charge in [-0.25, -0.2) is 0 Å². The average Bonchev–Trinajstić information content (AvgIpc) is 3.47. The van der Waals surface area contributed by atoms with Crippen LogP contribution < -0.4 is 0 Å². The van der Waals surface area contributed by atoms with Gasteiger partial charge in [-0.1, -0.05) is 149 Å². The Balaban J connectivity index is 1.49. The standard InChI is InChI=1S/C46H54/c1-7-11-13-15-27-46(28-16-14-12-8-2)42-30-34(6)18-22-38(42)40-24-20-36(32-44(40)46)35-19-23-39-37-21-17-33(5)29-41(37)45(25-9-3,26-10-4)43(39)31-35/h9-10,17-24,29-32H,3-4,7-8,11-16,25-28H2,1-2,5-6H3. The molecule has 0 radical (unpaired) electrons. The molecule has 0 amide bonds. The molecule has 238 valence electrons. The summed E-state index contributed by atoms with van der Waals surface area (Å²) in [6.07, 6.45) is 19.0. The first kappa shape index (κ1) is 32.3. The number of fused-ring (bicyclic) bond motifs is 6. The highest BCUT2D eigenvalue weighted by Crippen LogP contribution is 2.57. The van der Waals surface area contributed by atoms with Crippen molar-refractivity contribution in [2.24, 2.45) is 0 Å². The van der Waals surface area contributed by atoms with Gasteiger partial charge in [0.05, 0.1) is 0 Å². The second kappa shape index (κ2) is 13.6. The molecule has 2 aliphatic rings. The number of rotatable bonds is 15. The predicted molar refractivity (Wildman–Crippen MR) is 201 cm³/mol. The Morgan fingerprint density at radius 2 is 0.870 bits per heavy atom. The van der Waals surface area contributed by atoms with E-state index < -0.39 is 0 Å². The highest BCUT2D eigenvalue weighted by molar-refractivity contribution is 5.87. The smallest absolute Gasteiger partial charge is 0.0284 e. The molecule has 2 aliphatic carbocycles. The molecule has 0 atom stereocenters. The molecule has 0 unspecified atom stereocenters. The van der Waals surface area contributed by atoms with Crippen LogP contribution in [0.25, 0.3) is 33.4 Å². The topological polar surface area (TPSA) is 0 Å². The Kier molecular flexibility index (Phi) is 9.56. The van der Waals surface area contributed by atoms with E-state index in [0.717, 1.165) is 12.8 Å². The maximum Gasteiger partial charge on any atom is 0.0284 e. The minimum absolute atomic E-state index is 0.0914. The minimum Gasteiger partial charge on any atom is -0.103 e. The van der Waals surface area contributed by atoms with Gasteiger partial charge in [0.15, 0.2) is 0 Å². The van der Waals surface area contributed by atoms with Crippen LogP contribution in [0.3, 0.4) is 0 Å². The van der Waals surface area contributed by atoms with Crippen LogP contribution in [0, 0.1) is 13.8 Å². The van der Waals surface area contributed by atoms with Gasteiger partial charge in [0.2, 0.25) is 0 Å². The van der Waals surface area contributed by atoms with Gasteiger partial charge in [0, 0.05) is 10.8 Å². The summed E-state index contributed by atoms with van der Waals surface area (Å²) >= 11 is 0. The zero-order chi connectivity index (χ0) is 32.3. The van der Waals surface area contributed by atoms with Crippen LogP contribution in [-0.2, 0) is 10.8 Å². The summed E-state index contributed by atoms with van der Waals surface area (Å²) in [5.41, 5.74) is 17.0. The highest BCUT2D eigenvalue weighted by Gasteiger charge is 2.44. The molecule has 0 nitrogen and oxygen atoms in total. The third-order valence-corrected chi connectivity index (χ3v) is 11.3. The fourth-order valence-electron chi connectivity index (χ4n) is 8.96. The molecule has 0 saturated heterocycles. The Morgan fingerprint density at radius 3 is 1.30 bits per heavy atom. The maximum absolute atomic E-state index is 4.22. The SMILES string of the molecule is C=CCC1(CC=C)c2cc(C)ccc2-c2ccc(-c3ccc4c(c3)C(CCCCCC)(CCCCCC)c3cc(C)ccc3-4)cc21. The van der Waals surface area contributed by atoms with E-state index in [0.29, 0.717) is 0 Å². The van der Waals surface area contributed by atoms with Crippen LogP contribution in [0.5, 0.6) is 0 Å². The van der Waals surface area contributed by atoms with Gasteiger partial charge < -0.3 is 0 Å². The van der Waals surface area contributed by atoms with Gasteiger partial charge in [-0.2, -0.15) is 0 Å². The van der Waals surface area contributed by atoms with Crippen molar-refractivity contribution in [2.45, 2.75) is 116 Å². The van der Waals surface area contributed by atoms with E-state index in [1.54, 1.807) is 11.1 Å². The zero-order valence-electron chi connectivity index (χ0n) is 29.0. The van der Waals surface area contributed by atoms with Crippen LogP contribution in [0.1, 0.15) is 124 Å². The summed E-state index contributed by atoms with van der Waals surface area (Å²) in [7, 11) is 0. The fourth-order valence-corrected chi connectivity index (χ4v) is 8.96. The van der Waals surface area contributed by atoms with Crippen LogP contribution >= 0.6 is 0 Å². The van der Waals surface area contributed by atoms with Crippen molar-refractivity contribution < 1.29 is 0 Å². The maximum atomic E-state index is 4.22. The third-order valence-electron chi connectivity index (χ3n) is 11.3. The van der Waals surface area contributed by atoms with E-state index in [1.807, 2.05) is 0 Å². The molecular formula is C46H54. The van der Waals surface area contributed by atoms with E-state index in [1.165, 1.54) is 120 Å². The predicted octanol–water partition coefficient (Wildman–Crippen LogP) is 13.6. The second-order valence-corrected chi connectivity index (χ2v) is 14.4. The lowest BCUT2D eigenvalue weighted by molar-refractivity contribution is 0.401. The van der Waals surface area contributed by atoms with Gasteiger partial charge >= 0.3 is 0 Å². The van der Waals surface area contributed by atoms with Crippen molar-refractivity contribution in [3.05, 3.63) is 131 Å². The number of hydrogen-bond acceptors (Lipinski definition) is 0. The van der Waals surface area contributed by atoms with E-state index in [9.17, 15) is 0 Å². The number of unbranched alkanes of at least 4 members (excludes halogenated alkanes) is 6. The average molecular weight is 607 g/mol. The van der Waals surface area contributed by atoms with E-state index in [-0.39, 0.29) is 10.8 Å². The molecule has 0 bridgehead atoms. The van der Waals surface area contributed by atoms with Crippen LogP contribution in [0.15, 0.2) is 98.1 Å². The van der Waals surface area contributed by atoms with Crippen molar-refractivity contribution >= 4 is 0 Å². The van der Waals surface area contributed by atoms with Crippen molar-refractivity contribution in [1.29, 1.82) is 0 Å². The zero-order valence-corrected chi connectivity index (χ0v) is 29.0. The molecule has 0 N–H and O–H groups in total. The number of benzene rings is 4. The molecule has 6 rings (SSSR count). The highest BCUT2D eigenvalue weighted by atomic mass is 14.5. The molecule has 0 aromatic heterocycles. The van der Waals surface area contributed by atoms with Crippen molar-refractivity contribution in [1.82, 2.24) is 0 Å². The lowest BCUT2D eigenvalue weighted by atomic mass is 9.70. The lowest BCUT2D eigenvalue weighted by Gasteiger charge is -2.33. The summed E-state index contributed by atoms with van der Waals surface area (Å²) in [5, 5.41) is 0. The summed E-state index contributed by atoms with van der Waals surface area (Å²) in [4.78, 5) is 0. The molecule has 4 aromatic carbocycles. The monoisotopic (exact) mass is 606 g/mol. The summed E-state index contributed by atoms with van der Waals surface area (Å²) in [6.45, 7) is 17.6. The molecule has 0 heterocycles. The molecule has 0 aliphatic heterocycles. The quantitative estimate of drug-likeness (QED) is 0.0933. The summed E-state index contributed by atoms with van der Waals surface area (Å²) in [5.74, 6) is 0. The van der Waals surface area contributed by atoms with Gasteiger partial charge in [-0.05, 0) is 107 Å². The first-order valence-corrected chi connectivity index (χ1v) is 18.2. The molecule has 46 heavy (non-hydrogen) atoms. The summed E-state index contributed by atoms with van der Waals surface area (Å²) < 4.78 is 0. The fraction of sp³-hybridized carbons (Fsp3) is 0.391. The number of aryl methyl sites for hydroxylation is 2. The van der Waals surface area contributed by atoms with E-state index in [2.05, 4.69) is 126 Å². The van der Waals surface area contributed by atoms with E-state index >= 15 is 0 Å². The molecule has 0 spiro atoms. The molecule has 0 fully saturated rings. The normalized spacial score (nSPS) is 14.8. The lowest BCUT2D eigenvalue weighted by Crippen LogP contribution is -2.26. The molecule has 4 aromatic rings. The molecular weight excluding hydrogens is 553 g/mol. The minimum atomic E-state index is -0.122. The van der Waals surface area contributed by atoms with Crippen LogP contribution in [-0.4, -0.2) is 0 Å². The Hall–Kier alpha value is -3.64. The molecule has 0 heteroatoms. The Labute approximate surface area is 279 Å². The number of hydrogen-bond donors (Lipinski definition) is 0. The van der Waals surface area contributed by atoms with Crippen LogP contribution in [0.4, 0.5) is 0 Å². The number of allylic oxidation sites excluding steroid dienone is 2. The van der Waals surface area contributed by atoms with E-state index in [4.69, 9.17) is 0 Å². The third kappa shape index (κ3) is 5.53. The van der Waals surface area contributed by atoms with Crippen molar-refractivity contribution in [3.8, 4) is 33.4 Å². The largest absolute Gasteiger partial charge is 0.103 e. The summed E-state index contributed by atoms with van der Waals surface area (Å²) in [6, 6.07) is 29.0. The van der Waals surface area contributed by atoms with Gasteiger partial charge in [-0.3, -0.25) is 0 Å². The Bertz CT molecular complexity index is 1710. The first-order valence-electron chi connectivity index (χ1n) is 18.2. The van der Waals surface area contributed by atoms with Crippen molar-refractivity contribution in [2.75, 3.05) is 0 Å². The van der Waals surface area contributed by atoms with Gasteiger partial charge in [0.25, 0.3) is 0 Å². The van der Waals surface area contributed by atoms with Gasteiger partial charge in [0.1, 0.15) is 0 Å².